The molecule has 3 aromatic heterocycles. The Morgan fingerprint density at radius 2 is 2.08 bits per heavy atom. The van der Waals surface area contributed by atoms with Crippen LogP contribution in [0.5, 0.6) is 0 Å². The van der Waals surface area contributed by atoms with Gasteiger partial charge in [0.25, 0.3) is 5.91 Å². The van der Waals surface area contributed by atoms with Crippen LogP contribution in [0.4, 0.5) is 11.9 Å². The predicted octanol–water partition coefficient (Wildman–Crippen LogP) is 3.29. The van der Waals surface area contributed by atoms with Crippen LogP contribution in [0.25, 0.3) is 16.0 Å². The molecule has 0 radical (unpaired) electrons. The lowest BCUT2D eigenvalue weighted by Gasteiger charge is -2.14. The van der Waals surface area contributed by atoms with Gasteiger partial charge in [-0.1, -0.05) is 15.9 Å². The van der Waals surface area contributed by atoms with Crippen molar-refractivity contribution in [2.24, 2.45) is 0 Å². The van der Waals surface area contributed by atoms with Gasteiger partial charge < -0.3 is 4.90 Å². The van der Waals surface area contributed by atoms with Crippen LogP contribution >= 0.6 is 27.3 Å². The summed E-state index contributed by atoms with van der Waals surface area (Å²) in [5, 5.41) is 9.01. The summed E-state index contributed by atoms with van der Waals surface area (Å²) in [4.78, 5) is 24.4. The number of fused-ring (bicyclic) bond motifs is 1. The van der Waals surface area contributed by atoms with E-state index >= 15 is 0 Å². The van der Waals surface area contributed by atoms with Crippen molar-refractivity contribution in [3.8, 4) is 5.69 Å². The maximum absolute atomic E-state index is 12.4. The van der Waals surface area contributed by atoms with Crippen molar-refractivity contribution in [3.05, 3.63) is 46.0 Å². The molecule has 1 amide bonds. The van der Waals surface area contributed by atoms with Gasteiger partial charge in [0.2, 0.25) is 11.9 Å². The van der Waals surface area contributed by atoms with E-state index in [4.69, 9.17) is 0 Å². The van der Waals surface area contributed by atoms with Crippen molar-refractivity contribution in [1.82, 2.24) is 24.7 Å². The van der Waals surface area contributed by atoms with E-state index in [0.29, 0.717) is 10.8 Å². The van der Waals surface area contributed by atoms with Gasteiger partial charge in [0.15, 0.2) is 0 Å². The van der Waals surface area contributed by atoms with Crippen molar-refractivity contribution < 1.29 is 4.79 Å². The van der Waals surface area contributed by atoms with Crippen molar-refractivity contribution in [2.45, 2.75) is 0 Å². The summed E-state index contributed by atoms with van der Waals surface area (Å²) < 4.78 is 3.04. The molecule has 3 heterocycles. The number of imidazole rings is 1. The van der Waals surface area contributed by atoms with Crippen molar-refractivity contribution in [2.75, 3.05) is 24.3 Å². The number of benzene rings is 1. The molecule has 132 valence electrons. The summed E-state index contributed by atoms with van der Waals surface area (Å²) in [7, 11) is 3.89. The smallest absolute Gasteiger partial charge is 0.268 e. The zero-order valence-electron chi connectivity index (χ0n) is 13.9. The Morgan fingerprint density at radius 3 is 2.73 bits per heavy atom. The highest BCUT2D eigenvalue weighted by atomic mass is 79.9. The normalized spacial score (nSPS) is 11.0. The van der Waals surface area contributed by atoms with E-state index in [0.717, 1.165) is 26.5 Å². The molecule has 8 nitrogen and oxygen atoms in total. The number of thiophene rings is 1. The first-order chi connectivity index (χ1) is 12.5. The molecule has 0 saturated heterocycles. The van der Waals surface area contributed by atoms with E-state index in [1.54, 1.807) is 6.07 Å². The molecule has 1 aromatic carbocycles. The van der Waals surface area contributed by atoms with Gasteiger partial charge in [-0.15, -0.1) is 11.3 Å². The fourth-order valence-electron chi connectivity index (χ4n) is 2.53. The van der Waals surface area contributed by atoms with Gasteiger partial charge in [-0.25, -0.2) is 10.1 Å². The zero-order chi connectivity index (χ0) is 18.3. The lowest BCUT2D eigenvalue weighted by molar-refractivity contribution is 0.102. The Labute approximate surface area is 161 Å². The molecule has 0 spiro atoms. The largest absolute Gasteiger partial charge is 0.348 e. The third kappa shape index (κ3) is 2.97. The number of carbonyl (C=O) groups excluding carboxylic acids is 1. The van der Waals surface area contributed by atoms with Gasteiger partial charge in [-0.3, -0.25) is 14.7 Å². The quantitative estimate of drug-likeness (QED) is 0.517. The standard InChI is InChI=1S/C16H14BrN7OS/c1-23(2)16-20-11-7-12(13(25)21-15-18-8-19-22-15)26-14(11)24(16)10-5-3-9(17)4-6-10/h3-8H,1-2H3,(H2,18,19,21,22,25). The Balaban J connectivity index is 1.78. The maximum atomic E-state index is 12.4. The number of carbonyl (C=O) groups is 1. The monoisotopic (exact) mass is 431 g/mol. The zero-order valence-corrected chi connectivity index (χ0v) is 16.3. The molecule has 0 aliphatic heterocycles. The minimum Gasteiger partial charge on any atom is -0.348 e. The molecule has 0 atom stereocenters. The number of nitrogens with one attached hydrogen (secondary N) is 2. The molecule has 0 saturated carbocycles. The molecule has 0 unspecified atom stereocenters. The predicted molar refractivity (Wildman–Crippen MR) is 105 cm³/mol. The molecule has 2 N–H and O–H groups in total. The number of aromatic amines is 1. The molecular weight excluding hydrogens is 418 g/mol. The molecule has 4 aromatic rings. The number of aromatic nitrogens is 5. The number of nitrogens with zero attached hydrogens (tertiary/aromatic N) is 5. The average Bonchev–Trinajstić information content (AvgIpc) is 3.30. The first-order valence-corrected chi connectivity index (χ1v) is 9.26. The summed E-state index contributed by atoms with van der Waals surface area (Å²) in [6.07, 6.45) is 1.34. The summed E-state index contributed by atoms with van der Waals surface area (Å²) >= 11 is 4.84. The second-order valence-electron chi connectivity index (χ2n) is 5.71. The van der Waals surface area contributed by atoms with Crippen LogP contribution < -0.4 is 10.2 Å². The molecule has 0 bridgehead atoms. The third-order valence-corrected chi connectivity index (χ3v) is 5.31. The van der Waals surface area contributed by atoms with E-state index in [2.05, 4.69) is 41.4 Å². The lowest BCUT2D eigenvalue weighted by atomic mass is 10.3. The molecule has 10 heteroatoms. The second-order valence-corrected chi connectivity index (χ2v) is 7.65. The first kappa shape index (κ1) is 16.7. The third-order valence-electron chi connectivity index (χ3n) is 3.67. The number of hydrogen-bond donors (Lipinski definition) is 2. The molecule has 26 heavy (non-hydrogen) atoms. The fraction of sp³-hybridized carbons (Fsp3) is 0.125. The SMILES string of the molecule is CN(C)c1nc2cc(C(=O)Nc3ncn[nH]3)sc2n1-c1ccc(Br)cc1. The van der Waals surface area contributed by atoms with Crippen molar-refractivity contribution in [1.29, 1.82) is 0 Å². The van der Waals surface area contributed by atoms with Crippen molar-refractivity contribution >= 4 is 55.4 Å². The number of amides is 1. The van der Waals surface area contributed by atoms with Crippen LogP contribution in [0, 0.1) is 0 Å². The Bertz CT molecular complexity index is 1070. The summed E-state index contributed by atoms with van der Waals surface area (Å²) in [5.41, 5.74) is 1.74. The Morgan fingerprint density at radius 1 is 1.31 bits per heavy atom. The number of anilines is 2. The highest BCUT2D eigenvalue weighted by molar-refractivity contribution is 9.10. The second kappa shape index (κ2) is 6.54. The average molecular weight is 432 g/mol. The molecule has 4 rings (SSSR count). The van der Waals surface area contributed by atoms with Gasteiger partial charge in [0.1, 0.15) is 16.7 Å². The Kier molecular flexibility index (Phi) is 4.21. The highest BCUT2D eigenvalue weighted by Gasteiger charge is 2.20. The molecule has 0 aliphatic carbocycles. The minimum absolute atomic E-state index is 0.251. The van der Waals surface area contributed by atoms with Gasteiger partial charge in [-0.05, 0) is 30.3 Å². The number of hydrogen-bond acceptors (Lipinski definition) is 6. The molecule has 0 aliphatic rings. The van der Waals surface area contributed by atoms with Crippen LogP contribution in [0.1, 0.15) is 9.67 Å². The Hall–Kier alpha value is -2.72. The van der Waals surface area contributed by atoms with Crippen LogP contribution in [-0.4, -0.2) is 44.7 Å². The van der Waals surface area contributed by atoms with E-state index in [1.165, 1.54) is 17.7 Å². The van der Waals surface area contributed by atoms with Crippen molar-refractivity contribution in [3.63, 3.8) is 0 Å². The van der Waals surface area contributed by atoms with Gasteiger partial charge >= 0.3 is 0 Å². The van der Waals surface area contributed by atoms with E-state index in [1.807, 2.05) is 47.8 Å². The van der Waals surface area contributed by atoms with Gasteiger partial charge in [0, 0.05) is 24.3 Å². The summed E-state index contributed by atoms with van der Waals surface area (Å²) in [6, 6.07) is 9.75. The summed E-state index contributed by atoms with van der Waals surface area (Å²) in [6.45, 7) is 0. The fourth-order valence-corrected chi connectivity index (χ4v) is 3.80. The van der Waals surface area contributed by atoms with Crippen LogP contribution in [0.2, 0.25) is 0 Å². The highest BCUT2D eigenvalue weighted by Crippen LogP contribution is 2.33. The van der Waals surface area contributed by atoms with E-state index < -0.39 is 0 Å². The minimum atomic E-state index is -0.251. The number of H-pyrrole nitrogens is 1. The maximum Gasteiger partial charge on any atom is 0.268 e. The van der Waals surface area contributed by atoms with E-state index in [9.17, 15) is 4.79 Å². The van der Waals surface area contributed by atoms with Gasteiger partial charge in [-0.2, -0.15) is 10.1 Å². The number of rotatable bonds is 4. The topological polar surface area (TPSA) is 91.7 Å². The van der Waals surface area contributed by atoms with Crippen LogP contribution in [-0.2, 0) is 0 Å². The lowest BCUT2D eigenvalue weighted by Crippen LogP contribution is -2.14. The van der Waals surface area contributed by atoms with Crippen LogP contribution in [0.3, 0.4) is 0 Å². The molecular formula is C16H14BrN7OS. The van der Waals surface area contributed by atoms with E-state index in [-0.39, 0.29) is 5.91 Å². The van der Waals surface area contributed by atoms with Gasteiger partial charge in [0.05, 0.1) is 4.88 Å². The molecule has 0 fully saturated rings. The first-order valence-electron chi connectivity index (χ1n) is 7.65. The van der Waals surface area contributed by atoms with Crippen LogP contribution in [0.15, 0.2) is 41.1 Å². The summed E-state index contributed by atoms with van der Waals surface area (Å²) in [5.74, 6) is 0.861. The number of halogens is 1.